The number of rotatable bonds is 5. The predicted octanol–water partition coefficient (Wildman–Crippen LogP) is 3.07. The highest BCUT2D eigenvalue weighted by molar-refractivity contribution is 8.15. The van der Waals surface area contributed by atoms with Crippen molar-refractivity contribution in [3.05, 3.63) is 66.0 Å². The van der Waals surface area contributed by atoms with Gasteiger partial charge < -0.3 is 10.1 Å². The Morgan fingerprint density at radius 3 is 2.59 bits per heavy atom. The Balaban J connectivity index is 1.78. The number of aromatic nitrogens is 1. The summed E-state index contributed by atoms with van der Waals surface area (Å²) in [6.07, 6.45) is 3.24. The minimum atomic E-state index is -1.40. The summed E-state index contributed by atoms with van der Waals surface area (Å²) in [7, 11) is 1.50. The van der Waals surface area contributed by atoms with Crippen LogP contribution in [-0.4, -0.2) is 40.7 Å². The van der Waals surface area contributed by atoms with Crippen molar-refractivity contribution in [1.82, 2.24) is 15.2 Å². The number of carbonyl (C=O) groups is 2. The Bertz CT molecular complexity index is 827. The molecular weight excluding hydrogens is 362 g/mol. The summed E-state index contributed by atoms with van der Waals surface area (Å²) in [4.78, 5) is 29.7. The second-order valence-corrected chi connectivity index (χ2v) is 7.84. The molecule has 4 rings (SSSR count). The van der Waals surface area contributed by atoms with Gasteiger partial charge in [-0.25, -0.2) is 0 Å². The molecule has 6 nitrogen and oxygen atoms in total. The standard InChI is InChI=1S/C20H21N3O3S/c1-23-18(24)20(27-19(23)25,14-8-3-2-4-9-14)26-17(16-11-7-13-22-16)15-10-5-6-12-21-15/h2-6,8-10,12,16-17,22H,7,11,13H2,1H3. The van der Waals surface area contributed by atoms with Crippen LogP contribution in [0.25, 0.3) is 0 Å². The van der Waals surface area contributed by atoms with Crippen LogP contribution in [0.15, 0.2) is 54.7 Å². The molecule has 0 radical (unpaired) electrons. The van der Waals surface area contributed by atoms with Crippen molar-refractivity contribution in [3.63, 3.8) is 0 Å². The number of carbonyl (C=O) groups excluding carboxylic acids is 2. The van der Waals surface area contributed by atoms with E-state index in [1.165, 1.54) is 7.05 Å². The number of hydrogen-bond acceptors (Lipinski definition) is 6. The van der Waals surface area contributed by atoms with Gasteiger partial charge in [-0.1, -0.05) is 36.4 Å². The monoisotopic (exact) mass is 383 g/mol. The molecule has 0 spiro atoms. The maximum atomic E-state index is 13.1. The number of hydrogen-bond donors (Lipinski definition) is 1. The molecular formula is C20H21N3O3S. The van der Waals surface area contributed by atoms with Gasteiger partial charge in [0.25, 0.3) is 11.1 Å². The van der Waals surface area contributed by atoms with Gasteiger partial charge >= 0.3 is 0 Å². The first kappa shape index (κ1) is 18.2. The third-order valence-electron chi connectivity index (χ3n) is 4.98. The van der Waals surface area contributed by atoms with Crippen LogP contribution in [-0.2, 0) is 14.5 Å². The third kappa shape index (κ3) is 3.26. The van der Waals surface area contributed by atoms with E-state index in [9.17, 15) is 9.59 Å². The second kappa shape index (κ2) is 7.42. The molecule has 3 atom stereocenters. The molecule has 1 aromatic carbocycles. The lowest BCUT2D eigenvalue weighted by Gasteiger charge is -2.33. The van der Waals surface area contributed by atoms with Crippen LogP contribution in [0.4, 0.5) is 4.79 Å². The van der Waals surface area contributed by atoms with Crippen LogP contribution in [0.3, 0.4) is 0 Å². The summed E-state index contributed by atoms with van der Waals surface area (Å²) in [6.45, 7) is 0.898. The van der Waals surface area contributed by atoms with Crippen LogP contribution in [0, 0.1) is 0 Å². The van der Waals surface area contributed by atoms with Crippen molar-refractivity contribution in [2.24, 2.45) is 0 Å². The maximum Gasteiger partial charge on any atom is 0.291 e. The Kier molecular flexibility index (Phi) is 4.99. The maximum absolute atomic E-state index is 13.1. The quantitative estimate of drug-likeness (QED) is 0.856. The van der Waals surface area contributed by atoms with Gasteiger partial charge in [0, 0.05) is 24.8 Å². The van der Waals surface area contributed by atoms with Crippen LogP contribution in [0.5, 0.6) is 0 Å². The molecule has 3 heterocycles. The summed E-state index contributed by atoms with van der Waals surface area (Å²) < 4.78 is 6.53. The second-order valence-electron chi connectivity index (χ2n) is 6.71. The SMILES string of the molecule is CN1C(=O)SC(OC(c2ccccn2)C2CCCN2)(c2ccccc2)C1=O. The van der Waals surface area contributed by atoms with Gasteiger partial charge in [-0.05, 0) is 43.3 Å². The topological polar surface area (TPSA) is 71.5 Å². The predicted molar refractivity (Wildman–Crippen MR) is 103 cm³/mol. The fraction of sp³-hybridized carbons (Fsp3) is 0.350. The average molecular weight is 383 g/mol. The lowest BCUT2D eigenvalue weighted by Crippen LogP contribution is -2.42. The highest BCUT2D eigenvalue weighted by Crippen LogP contribution is 2.49. The van der Waals surface area contributed by atoms with Gasteiger partial charge in [0.1, 0.15) is 6.10 Å². The number of nitrogens with zero attached hydrogens (tertiary/aromatic N) is 2. The van der Waals surface area contributed by atoms with Crippen molar-refractivity contribution in [3.8, 4) is 0 Å². The van der Waals surface area contributed by atoms with E-state index in [-0.39, 0.29) is 17.2 Å². The summed E-state index contributed by atoms with van der Waals surface area (Å²) in [5, 5.41) is 3.13. The van der Waals surface area contributed by atoms with Crippen molar-refractivity contribution in [1.29, 1.82) is 0 Å². The van der Waals surface area contributed by atoms with Gasteiger partial charge in [0.2, 0.25) is 4.93 Å². The first-order chi connectivity index (χ1) is 13.1. The largest absolute Gasteiger partial charge is 0.339 e. The normalized spacial score (nSPS) is 26.6. The van der Waals surface area contributed by atoms with E-state index in [1.807, 2.05) is 48.5 Å². The molecule has 2 aromatic rings. The molecule has 27 heavy (non-hydrogen) atoms. The molecule has 0 aliphatic carbocycles. The molecule has 0 saturated carbocycles. The van der Waals surface area contributed by atoms with Gasteiger partial charge in [0.15, 0.2) is 0 Å². The lowest BCUT2D eigenvalue weighted by molar-refractivity contribution is -0.149. The Morgan fingerprint density at radius 1 is 1.22 bits per heavy atom. The number of pyridine rings is 1. The molecule has 7 heteroatoms. The van der Waals surface area contributed by atoms with E-state index in [0.29, 0.717) is 5.56 Å². The smallest absolute Gasteiger partial charge is 0.291 e. The molecule has 1 aromatic heterocycles. The van der Waals surface area contributed by atoms with E-state index in [2.05, 4.69) is 10.3 Å². The molecule has 2 amide bonds. The lowest BCUT2D eigenvalue weighted by atomic mass is 10.0. The minimum Gasteiger partial charge on any atom is -0.339 e. The first-order valence-corrected chi connectivity index (χ1v) is 9.82. The number of likely N-dealkylation sites (N-methyl/N-ethyl adjacent to an activating group) is 1. The van der Waals surface area contributed by atoms with E-state index >= 15 is 0 Å². The molecule has 0 bridgehead atoms. The van der Waals surface area contributed by atoms with Crippen LogP contribution in [0.1, 0.15) is 30.2 Å². The zero-order chi connectivity index (χ0) is 18.9. The van der Waals surface area contributed by atoms with E-state index in [1.54, 1.807) is 6.20 Å². The van der Waals surface area contributed by atoms with Crippen molar-refractivity contribution in [2.45, 2.75) is 29.9 Å². The van der Waals surface area contributed by atoms with E-state index in [4.69, 9.17) is 4.74 Å². The molecule has 2 aliphatic heterocycles. The number of amides is 2. The summed E-state index contributed by atoms with van der Waals surface area (Å²) in [5.74, 6) is -0.359. The molecule has 2 aliphatic rings. The first-order valence-electron chi connectivity index (χ1n) is 9.00. The molecule has 2 fully saturated rings. The fourth-order valence-corrected chi connectivity index (χ4v) is 4.66. The van der Waals surface area contributed by atoms with Crippen LogP contribution in [0.2, 0.25) is 0 Å². The van der Waals surface area contributed by atoms with Gasteiger partial charge in [-0.2, -0.15) is 0 Å². The summed E-state index contributed by atoms with van der Waals surface area (Å²) in [6, 6.07) is 14.9. The number of benzene rings is 1. The average Bonchev–Trinajstić information content (AvgIpc) is 3.32. The fourth-order valence-electron chi connectivity index (χ4n) is 3.56. The van der Waals surface area contributed by atoms with Gasteiger partial charge in [-0.3, -0.25) is 19.5 Å². The molecule has 3 unspecified atom stereocenters. The summed E-state index contributed by atoms with van der Waals surface area (Å²) in [5.41, 5.74) is 1.42. The Hall–Kier alpha value is -2.22. The third-order valence-corrected chi connectivity index (χ3v) is 6.22. The van der Waals surface area contributed by atoms with Crippen molar-refractivity contribution in [2.75, 3.05) is 13.6 Å². The highest BCUT2D eigenvalue weighted by atomic mass is 32.2. The number of imide groups is 1. The number of ether oxygens (including phenoxy) is 1. The Labute approximate surface area is 162 Å². The van der Waals surface area contributed by atoms with E-state index in [0.717, 1.165) is 41.7 Å². The van der Waals surface area contributed by atoms with Crippen molar-refractivity contribution < 1.29 is 14.3 Å². The van der Waals surface area contributed by atoms with Crippen LogP contribution < -0.4 is 5.32 Å². The Morgan fingerprint density at radius 2 is 2.00 bits per heavy atom. The van der Waals surface area contributed by atoms with Gasteiger partial charge in [0.05, 0.1) is 5.69 Å². The number of thioether (sulfide) groups is 1. The molecule has 2 saturated heterocycles. The van der Waals surface area contributed by atoms with Gasteiger partial charge in [-0.15, -0.1) is 0 Å². The summed E-state index contributed by atoms with van der Waals surface area (Å²) >= 11 is 0.924. The molecule has 140 valence electrons. The van der Waals surface area contributed by atoms with E-state index < -0.39 is 11.0 Å². The zero-order valence-corrected chi connectivity index (χ0v) is 15.8. The zero-order valence-electron chi connectivity index (χ0n) is 15.0. The highest BCUT2D eigenvalue weighted by Gasteiger charge is 2.56. The minimum absolute atomic E-state index is 0.0369. The van der Waals surface area contributed by atoms with Crippen LogP contribution >= 0.6 is 11.8 Å². The molecule has 1 N–H and O–H groups in total. The number of nitrogens with one attached hydrogen (secondary N) is 1. The van der Waals surface area contributed by atoms with Crippen molar-refractivity contribution >= 4 is 22.9 Å².